The van der Waals surface area contributed by atoms with Crippen molar-refractivity contribution in [3.05, 3.63) is 65.9 Å². The number of aryl methyl sites for hydroxylation is 1. The van der Waals surface area contributed by atoms with Crippen molar-refractivity contribution in [2.45, 2.75) is 52.1 Å². The Labute approximate surface area is 190 Å². The molecule has 0 bridgehead atoms. The molecule has 0 radical (unpaired) electrons. The van der Waals surface area contributed by atoms with Crippen LogP contribution in [0.15, 0.2) is 54.7 Å². The van der Waals surface area contributed by atoms with Gasteiger partial charge in [0.05, 0.1) is 0 Å². The van der Waals surface area contributed by atoms with E-state index < -0.39 is 0 Å². The largest absolute Gasteiger partial charge is 0.490 e. The summed E-state index contributed by atoms with van der Waals surface area (Å²) >= 11 is 0. The van der Waals surface area contributed by atoms with Crippen molar-refractivity contribution in [2.24, 2.45) is 0 Å². The molecule has 1 aromatic heterocycles. The Morgan fingerprint density at radius 1 is 1.03 bits per heavy atom. The first kappa shape index (κ1) is 22.1. The lowest BCUT2D eigenvalue weighted by Gasteiger charge is -2.27. The van der Waals surface area contributed by atoms with E-state index in [9.17, 15) is 0 Å². The minimum atomic E-state index is 0.0292. The van der Waals surface area contributed by atoms with Crippen molar-refractivity contribution in [3.63, 3.8) is 0 Å². The van der Waals surface area contributed by atoms with Crippen LogP contribution < -0.4 is 20.7 Å². The average Bonchev–Trinajstić information content (AvgIpc) is 2.78. The van der Waals surface area contributed by atoms with Crippen molar-refractivity contribution in [3.8, 4) is 5.75 Å². The Morgan fingerprint density at radius 2 is 1.75 bits per heavy atom. The summed E-state index contributed by atoms with van der Waals surface area (Å²) in [7, 11) is 0. The molecule has 6 nitrogen and oxygen atoms in total. The fourth-order valence-electron chi connectivity index (χ4n) is 3.82. The first-order chi connectivity index (χ1) is 15.3. The zero-order valence-electron chi connectivity index (χ0n) is 19.4. The minimum absolute atomic E-state index is 0.0292. The number of nitrogens with zero attached hydrogens (tertiary/aromatic N) is 3. The van der Waals surface area contributed by atoms with Crippen molar-refractivity contribution in [2.75, 3.05) is 23.7 Å². The molecule has 1 fully saturated rings. The first-order valence-electron chi connectivity index (χ1n) is 11.3. The smallest absolute Gasteiger partial charge is 0.236 e. The third-order valence-corrected chi connectivity index (χ3v) is 5.85. The molecule has 32 heavy (non-hydrogen) atoms. The Morgan fingerprint density at radius 3 is 2.41 bits per heavy atom. The van der Waals surface area contributed by atoms with Crippen LogP contribution in [0.25, 0.3) is 0 Å². The van der Waals surface area contributed by atoms with Crippen LogP contribution in [-0.2, 0) is 5.41 Å². The second kappa shape index (κ2) is 9.17. The molecule has 2 aromatic carbocycles. The van der Waals surface area contributed by atoms with Gasteiger partial charge < -0.3 is 15.8 Å². The Kier molecular flexibility index (Phi) is 6.33. The highest BCUT2D eigenvalue weighted by atomic mass is 16.5. The van der Waals surface area contributed by atoms with Crippen LogP contribution in [0, 0.1) is 6.92 Å². The van der Waals surface area contributed by atoms with E-state index in [1.54, 1.807) is 6.20 Å². The minimum Gasteiger partial charge on any atom is -0.490 e. The molecule has 0 saturated carbocycles. The number of rotatable bonds is 5. The van der Waals surface area contributed by atoms with E-state index in [0.29, 0.717) is 11.8 Å². The van der Waals surface area contributed by atoms with Gasteiger partial charge in [0, 0.05) is 23.1 Å². The molecule has 4 rings (SSSR count). The average molecular weight is 432 g/mol. The van der Waals surface area contributed by atoms with Crippen LogP contribution >= 0.6 is 0 Å². The van der Waals surface area contributed by atoms with Gasteiger partial charge in [0.15, 0.2) is 0 Å². The van der Waals surface area contributed by atoms with Gasteiger partial charge in [-0.3, -0.25) is 4.90 Å². The molecule has 0 unspecified atom stereocenters. The molecule has 168 valence electrons. The molecule has 2 heterocycles. The summed E-state index contributed by atoms with van der Waals surface area (Å²) in [5.74, 6) is 1.91. The van der Waals surface area contributed by atoms with Crippen LogP contribution in [-0.4, -0.2) is 29.2 Å². The fourth-order valence-corrected chi connectivity index (χ4v) is 3.82. The highest BCUT2D eigenvalue weighted by Crippen LogP contribution is 2.36. The van der Waals surface area contributed by atoms with Crippen molar-refractivity contribution < 1.29 is 4.74 Å². The quantitative estimate of drug-likeness (QED) is 0.573. The number of nitrogens with two attached hydrogens (primary N) is 1. The monoisotopic (exact) mass is 431 g/mol. The molecule has 3 aromatic rings. The van der Waals surface area contributed by atoms with Crippen LogP contribution in [0.4, 0.5) is 23.1 Å². The highest BCUT2D eigenvalue weighted by molar-refractivity contribution is 5.74. The van der Waals surface area contributed by atoms with E-state index in [4.69, 9.17) is 10.5 Å². The molecular weight excluding hydrogens is 398 g/mol. The van der Waals surface area contributed by atoms with Gasteiger partial charge in [0.2, 0.25) is 5.95 Å². The number of nitrogen functional groups attached to an aromatic ring is 1. The molecule has 3 N–H and O–H groups in total. The standard InChI is InChI=1S/C26H33N5O/c1-18-17-29-25(30-24(18)27)31(21-7-5-6-19(16-21)26(2,3)4)20-8-10-22(11-9-20)32-23-12-14-28-15-13-23/h5-11,16-17,23,28H,12-15H2,1-4H3,(H2,27,29,30). The van der Waals surface area contributed by atoms with Crippen LogP contribution in [0.5, 0.6) is 5.75 Å². The SMILES string of the molecule is Cc1cnc(N(c2ccc(OC3CCNCC3)cc2)c2cccc(C(C)(C)C)c2)nc1N. The molecule has 0 spiro atoms. The van der Waals surface area contributed by atoms with Crippen molar-refractivity contribution in [1.82, 2.24) is 15.3 Å². The highest BCUT2D eigenvalue weighted by Gasteiger charge is 2.20. The van der Waals surface area contributed by atoms with E-state index in [2.05, 4.69) is 72.5 Å². The van der Waals surface area contributed by atoms with E-state index in [1.807, 2.05) is 24.0 Å². The van der Waals surface area contributed by atoms with Crippen molar-refractivity contribution in [1.29, 1.82) is 0 Å². The maximum Gasteiger partial charge on any atom is 0.236 e. The summed E-state index contributed by atoms with van der Waals surface area (Å²) in [4.78, 5) is 11.2. The number of hydrogen-bond donors (Lipinski definition) is 2. The summed E-state index contributed by atoms with van der Waals surface area (Å²) in [5.41, 5.74) is 10.2. The van der Waals surface area contributed by atoms with Gasteiger partial charge in [-0.2, -0.15) is 4.98 Å². The molecule has 1 saturated heterocycles. The molecule has 0 aliphatic carbocycles. The number of nitrogens with one attached hydrogen (secondary N) is 1. The summed E-state index contributed by atoms with van der Waals surface area (Å²) in [6.45, 7) is 10.6. The molecule has 6 heteroatoms. The fraction of sp³-hybridized carbons (Fsp3) is 0.385. The number of benzene rings is 2. The van der Waals surface area contributed by atoms with Gasteiger partial charge >= 0.3 is 0 Å². The lowest BCUT2D eigenvalue weighted by Crippen LogP contribution is -2.34. The molecule has 1 aliphatic heterocycles. The lowest BCUT2D eigenvalue weighted by atomic mass is 9.87. The zero-order valence-corrected chi connectivity index (χ0v) is 19.4. The van der Waals surface area contributed by atoms with Gasteiger partial charge in [0.1, 0.15) is 17.7 Å². The second-order valence-corrected chi connectivity index (χ2v) is 9.44. The maximum absolute atomic E-state index is 6.19. The zero-order chi connectivity index (χ0) is 22.7. The van der Waals surface area contributed by atoms with Crippen molar-refractivity contribution >= 4 is 23.1 Å². The van der Waals surface area contributed by atoms with E-state index in [0.717, 1.165) is 48.6 Å². The third kappa shape index (κ3) is 5.02. The van der Waals surface area contributed by atoms with Crippen LogP contribution in [0.2, 0.25) is 0 Å². The first-order valence-corrected chi connectivity index (χ1v) is 11.3. The topological polar surface area (TPSA) is 76.3 Å². The predicted octanol–water partition coefficient (Wildman–Crippen LogP) is 5.27. The normalized spacial score (nSPS) is 14.9. The van der Waals surface area contributed by atoms with Gasteiger partial charge in [-0.05, 0) is 80.2 Å². The van der Waals surface area contributed by atoms with Gasteiger partial charge in [-0.1, -0.05) is 32.9 Å². The number of anilines is 4. The summed E-state index contributed by atoms with van der Waals surface area (Å²) in [6, 6.07) is 16.7. The number of hydrogen-bond acceptors (Lipinski definition) is 6. The molecule has 1 aliphatic rings. The molecular formula is C26H33N5O. The Hall–Kier alpha value is -3.12. The Bertz CT molecular complexity index is 1050. The molecule has 0 atom stereocenters. The van der Waals surface area contributed by atoms with E-state index in [-0.39, 0.29) is 11.5 Å². The molecule has 0 amide bonds. The number of ether oxygens (including phenoxy) is 1. The van der Waals surface area contributed by atoms with E-state index in [1.165, 1.54) is 5.56 Å². The number of piperidine rings is 1. The number of aromatic nitrogens is 2. The van der Waals surface area contributed by atoms with Gasteiger partial charge in [-0.25, -0.2) is 4.98 Å². The summed E-state index contributed by atoms with van der Waals surface area (Å²) in [6.07, 6.45) is 4.10. The van der Waals surface area contributed by atoms with Crippen LogP contribution in [0.1, 0.15) is 44.7 Å². The van der Waals surface area contributed by atoms with Gasteiger partial charge in [-0.15, -0.1) is 0 Å². The maximum atomic E-state index is 6.19. The predicted molar refractivity (Wildman–Crippen MR) is 131 cm³/mol. The third-order valence-electron chi connectivity index (χ3n) is 5.85. The lowest BCUT2D eigenvalue weighted by molar-refractivity contribution is 0.162. The van der Waals surface area contributed by atoms with Gasteiger partial charge in [0.25, 0.3) is 0 Å². The van der Waals surface area contributed by atoms with Crippen LogP contribution in [0.3, 0.4) is 0 Å². The summed E-state index contributed by atoms with van der Waals surface area (Å²) < 4.78 is 6.19. The summed E-state index contributed by atoms with van der Waals surface area (Å²) in [5, 5.41) is 3.37. The van der Waals surface area contributed by atoms with E-state index >= 15 is 0 Å². The Balaban J connectivity index is 1.70. The second-order valence-electron chi connectivity index (χ2n) is 9.44.